The Morgan fingerprint density at radius 3 is 2.55 bits per heavy atom. The van der Waals surface area contributed by atoms with Crippen LogP contribution in [0.2, 0.25) is 0 Å². The van der Waals surface area contributed by atoms with Gasteiger partial charge in [0.05, 0.1) is 11.4 Å². The van der Waals surface area contributed by atoms with Gasteiger partial charge in [-0.15, -0.1) is 24.0 Å². The third-order valence-corrected chi connectivity index (χ3v) is 5.30. The summed E-state index contributed by atoms with van der Waals surface area (Å²) in [7, 11) is 0. The number of rotatable bonds is 8. The molecule has 2 N–H and O–H groups in total. The number of hydrogen-bond donors (Lipinski definition) is 2. The fourth-order valence-corrected chi connectivity index (χ4v) is 3.53. The van der Waals surface area contributed by atoms with Gasteiger partial charge in [0.2, 0.25) is 5.89 Å². The van der Waals surface area contributed by atoms with Gasteiger partial charge in [0.15, 0.2) is 5.96 Å². The number of aryl methyl sites for hydroxylation is 2. The quantitative estimate of drug-likeness (QED) is 0.230. The molecule has 1 aliphatic heterocycles. The number of hydrogen-bond acceptors (Lipinski definition) is 5. The van der Waals surface area contributed by atoms with Crippen molar-refractivity contribution in [3.63, 3.8) is 0 Å². The number of nitrogens with zero attached hydrogens (tertiary/aromatic N) is 4. The predicted octanol–water partition coefficient (Wildman–Crippen LogP) is 3.32. The zero-order valence-electron chi connectivity index (χ0n) is 18.7. The van der Waals surface area contributed by atoms with Gasteiger partial charge in [-0.05, 0) is 45.9 Å². The number of guanidine groups is 1. The van der Waals surface area contributed by atoms with E-state index in [0.29, 0.717) is 18.1 Å². The zero-order chi connectivity index (χ0) is 21.3. The number of benzene rings is 1. The SMILES string of the molecule is CCNC(=NCc1nc(C)c(C)o1)NCCCN1CCN(c2ccccc2F)CC1.I. The number of aliphatic imine (C=N–C) groups is 1. The van der Waals surface area contributed by atoms with Crippen LogP contribution in [0.1, 0.15) is 30.7 Å². The third kappa shape index (κ3) is 7.64. The standard InChI is InChI=1S/C22H33FN6O.HI/c1-4-24-22(26-16-21-27-17(2)18(3)30-21)25-10-7-11-28-12-14-29(15-13-28)20-9-6-5-8-19(20)23;/h5-6,8-9H,4,7,10-16H2,1-3H3,(H2,24,25,26);1H. The summed E-state index contributed by atoms with van der Waals surface area (Å²) in [6.45, 7) is 12.6. The first kappa shape index (κ1) is 25.4. The predicted molar refractivity (Wildman–Crippen MR) is 134 cm³/mol. The van der Waals surface area contributed by atoms with Crippen molar-refractivity contribution in [2.75, 3.05) is 50.7 Å². The number of anilines is 1. The summed E-state index contributed by atoms with van der Waals surface area (Å²) in [5, 5.41) is 6.63. The number of piperazine rings is 1. The fraction of sp³-hybridized carbons (Fsp3) is 0.545. The molecule has 1 aromatic carbocycles. The van der Waals surface area contributed by atoms with Crippen molar-refractivity contribution in [2.45, 2.75) is 33.7 Å². The van der Waals surface area contributed by atoms with Crippen LogP contribution in [0.4, 0.5) is 10.1 Å². The Morgan fingerprint density at radius 1 is 1.16 bits per heavy atom. The molecule has 3 rings (SSSR count). The first-order chi connectivity index (χ1) is 14.6. The van der Waals surface area contributed by atoms with E-state index in [0.717, 1.165) is 69.6 Å². The van der Waals surface area contributed by atoms with Crippen molar-refractivity contribution in [1.29, 1.82) is 0 Å². The molecule has 1 fully saturated rings. The Labute approximate surface area is 201 Å². The van der Waals surface area contributed by atoms with Gasteiger partial charge in [-0.2, -0.15) is 0 Å². The molecule has 0 spiro atoms. The average Bonchev–Trinajstić information content (AvgIpc) is 3.07. The monoisotopic (exact) mass is 544 g/mol. The van der Waals surface area contributed by atoms with Gasteiger partial charge in [0, 0.05) is 39.3 Å². The van der Waals surface area contributed by atoms with E-state index in [9.17, 15) is 4.39 Å². The van der Waals surface area contributed by atoms with E-state index in [1.54, 1.807) is 6.07 Å². The van der Waals surface area contributed by atoms with Crippen molar-refractivity contribution >= 4 is 35.6 Å². The lowest BCUT2D eigenvalue weighted by molar-refractivity contribution is 0.254. The Balaban J connectivity index is 0.00000341. The number of oxazole rings is 1. The van der Waals surface area contributed by atoms with Crippen molar-refractivity contribution in [3.8, 4) is 0 Å². The minimum Gasteiger partial charge on any atom is -0.444 e. The van der Waals surface area contributed by atoms with Crippen LogP contribution in [-0.4, -0.2) is 61.7 Å². The molecular weight excluding hydrogens is 510 g/mol. The molecule has 31 heavy (non-hydrogen) atoms. The largest absolute Gasteiger partial charge is 0.444 e. The highest BCUT2D eigenvalue weighted by atomic mass is 127. The van der Waals surface area contributed by atoms with Gasteiger partial charge in [0.25, 0.3) is 0 Å². The molecule has 9 heteroatoms. The molecule has 0 saturated carbocycles. The second-order valence-electron chi connectivity index (χ2n) is 7.50. The molecule has 172 valence electrons. The van der Waals surface area contributed by atoms with Gasteiger partial charge in [0.1, 0.15) is 18.1 Å². The molecule has 1 aliphatic rings. The molecule has 0 radical (unpaired) electrons. The van der Waals surface area contributed by atoms with Gasteiger partial charge in [-0.25, -0.2) is 14.4 Å². The average molecular weight is 544 g/mol. The van der Waals surface area contributed by atoms with E-state index in [1.807, 2.05) is 32.9 Å². The smallest absolute Gasteiger partial charge is 0.216 e. The molecule has 0 bridgehead atoms. The second-order valence-corrected chi connectivity index (χ2v) is 7.50. The zero-order valence-corrected chi connectivity index (χ0v) is 21.0. The number of aromatic nitrogens is 1. The van der Waals surface area contributed by atoms with E-state index in [2.05, 4.69) is 30.4 Å². The van der Waals surface area contributed by atoms with Gasteiger partial charge < -0.3 is 20.0 Å². The Kier molecular flexibility index (Phi) is 10.5. The lowest BCUT2D eigenvalue weighted by Gasteiger charge is -2.36. The highest BCUT2D eigenvalue weighted by molar-refractivity contribution is 14.0. The summed E-state index contributed by atoms with van der Waals surface area (Å²) in [6.07, 6.45) is 1.02. The first-order valence-electron chi connectivity index (χ1n) is 10.7. The Morgan fingerprint density at radius 2 is 1.90 bits per heavy atom. The summed E-state index contributed by atoms with van der Waals surface area (Å²) in [5.41, 5.74) is 1.62. The topological polar surface area (TPSA) is 68.9 Å². The summed E-state index contributed by atoms with van der Waals surface area (Å²) in [4.78, 5) is 13.5. The Hall–Kier alpha value is -1.88. The van der Waals surface area contributed by atoms with Crippen molar-refractivity contribution in [1.82, 2.24) is 20.5 Å². The normalized spacial score (nSPS) is 15.0. The number of halogens is 2. The van der Waals surface area contributed by atoms with Crippen molar-refractivity contribution in [3.05, 3.63) is 47.4 Å². The first-order valence-corrected chi connectivity index (χ1v) is 10.7. The van der Waals surface area contributed by atoms with Crippen molar-refractivity contribution in [2.24, 2.45) is 4.99 Å². The molecule has 2 heterocycles. The van der Waals surface area contributed by atoms with Crippen LogP contribution in [0, 0.1) is 19.7 Å². The molecule has 0 aliphatic carbocycles. The number of nitrogens with one attached hydrogen (secondary N) is 2. The van der Waals surface area contributed by atoms with E-state index in [4.69, 9.17) is 4.42 Å². The molecule has 1 aromatic heterocycles. The van der Waals surface area contributed by atoms with E-state index < -0.39 is 0 Å². The fourth-order valence-electron chi connectivity index (χ4n) is 3.53. The minimum atomic E-state index is -0.138. The van der Waals surface area contributed by atoms with Gasteiger partial charge in [-0.3, -0.25) is 4.90 Å². The van der Waals surface area contributed by atoms with Crippen LogP contribution in [0.5, 0.6) is 0 Å². The summed E-state index contributed by atoms with van der Waals surface area (Å²) in [5.74, 6) is 2.11. The summed E-state index contributed by atoms with van der Waals surface area (Å²) >= 11 is 0. The van der Waals surface area contributed by atoms with E-state index in [-0.39, 0.29) is 29.8 Å². The van der Waals surface area contributed by atoms with Gasteiger partial charge >= 0.3 is 0 Å². The highest BCUT2D eigenvalue weighted by Gasteiger charge is 2.18. The minimum absolute atomic E-state index is 0. The van der Waals surface area contributed by atoms with Crippen LogP contribution < -0.4 is 15.5 Å². The molecule has 2 aromatic rings. The van der Waals surface area contributed by atoms with E-state index in [1.165, 1.54) is 6.07 Å². The molecule has 7 nitrogen and oxygen atoms in total. The van der Waals surface area contributed by atoms with Crippen LogP contribution >= 0.6 is 24.0 Å². The molecule has 0 unspecified atom stereocenters. The summed E-state index contributed by atoms with van der Waals surface area (Å²) in [6, 6.07) is 7.02. The molecule has 0 atom stereocenters. The second kappa shape index (κ2) is 12.8. The Bertz CT molecular complexity index is 816. The maximum absolute atomic E-state index is 14.0. The van der Waals surface area contributed by atoms with Crippen LogP contribution in [0.3, 0.4) is 0 Å². The molecule has 1 saturated heterocycles. The molecule has 0 amide bonds. The van der Waals surface area contributed by atoms with Crippen LogP contribution in [0.25, 0.3) is 0 Å². The van der Waals surface area contributed by atoms with Crippen LogP contribution in [0.15, 0.2) is 33.7 Å². The lowest BCUT2D eigenvalue weighted by atomic mass is 10.2. The lowest BCUT2D eigenvalue weighted by Crippen LogP contribution is -2.47. The maximum Gasteiger partial charge on any atom is 0.216 e. The van der Waals surface area contributed by atoms with Gasteiger partial charge in [-0.1, -0.05) is 12.1 Å². The van der Waals surface area contributed by atoms with E-state index >= 15 is 0 Å². The van der Waals surface area contributed by atoms with Crippen molar-refractivity contribution < 1.29 is 8.81 Å². The van der Waals surface area contributed by atoms with Crippen LogP contribution in [-0.2, 0) is 6.54 Å². The summed E-state index contributed by atoms with van der Waals surface area (Å²) < 4.78 is 19.5. The molecular formula is C22H34FIN6O. The number of para-hydroxylation sites is 1. The highest BCUT2D eigenvalue weighted by Crippen LogP contribution is 2.20. The third-order valence-electron chi connectivity index (χ3n) is 5.30. The maximum atomic E-state index is 14.0.